The summed E-state index contributed by atoms with van der Waals surface area (Å²) in [5.41, 5.74) is 0.787. The molecule has 0 bridgehead atoms. The molecule has 0 saturated carbocycles. The molecule has 0 amide bonds. The van der Waals surface area contributed by atoms with Crippen LogP contribution >= 0.6 is 0 Å². The molecule has 1 heterocycles. The summed E-state index contributed by atoms with van der Waals surface area (Å²) >= 11 is 0. The minimum absolute atomic E-state index is 0.0393. The summed E-state index contributed by atoms with van der Waals surface area (Å²) in [7, 11) is 3.34. The van der Waals surface area contributed by atoms with Gasteiger partial charge in [0.25, 0.3) is 0 Å². The molecule has 19 heavy (non-hydrogen) atoms. The number of anilines is 1. The third-order valence-electron chi connectivity index (χ3n) is 2.90. The molecule has 0 aliphatic carbocycles. The number of rotatable bonds is 4. The SMILES string of the molecule is CN(CCC(=O)O)c1nc2cc(F)c(F)cc2n1C. The van der Waals surface area contributed by atoms with E-state index < -0.39 is 17.6 Å². The first-order valence-corrected chi connectivity index (χ1v) is 5.64. The number of carboxylic acids is 1. The van der Waals surface area contributed by atoms with Crippen LogP contribution in [-0.2, 0) is 11.8 Å². The summed E-state index contributed by atoms with van der Waals surface area (Å²) in [4.78, 5) is 16.3. The van der Waals surface area contributed by atoms with E-state index >= 15 is 0 Å². The van der Waals surface area contributed by atoms with E-state index in [1.165, 1.54) is 0 Å². The highest BCUT2D eigenvalue weighted by Gasteiger charge is 2.15. The number of carboxylic acid groups (broad SMARTS) is 1. The Bertz CT molecular complexity index is 639. The third kappa shape index (κ3) is 2.49. The van der Waals surface area contributed by atoms with Gasteiger partial charge in [-0.1, -0.05) is 0 Å². The Hall–Kier alpha value is -2.18. The molecule has 1 aromatic carbocycles. The van der Waals surface area contributed by atoms with Crippen molar-refractivity contribution in [2.75, 3.05) is 18.5 Å². The zero-order valence-electron chi connectivity index (χ0n) is 10.5. The average molecular weight is 269 g/mol. The first kappa shape index (κ1) is 13.3. The van der Waals surface area contributed by atoms with Gasteiger partial charge in [-0.25, -0.2) is 13.8 Å². The number of hydrogen-bond acceptors (Lipinski definition) is 3. The Morgan fingerprint density at radius 2 is 2.05 bits per heavy atom. The number of benzene rings is 1. The van der Waals surface area contributed by atoms with Gasteiger partial charge >= 0.3 is 5.97 Å². The van der Waals surface area contributed by atoms with Crippen LogP contribution in [0, 0.1) is 11.6 Å². The second-order valence-electron chi connectivity index (χ2n) is 4.29. The number of hydrogen-bond donors (Lipinski definition) is 1. The Morgan fingerprint density at radius 3 is 2.68 bits per heavy atom. The van der Waals surface area contributed by atoms with Gasteiger partial charge in [0.1, 0.15) is 0 Å². The van der Waals surface area contributed by atoms with Crippen LogP contribution in [0.25, 0.3) is 11.0 Å². The highest BCUT2D eigenvalue weighted by atomic mass is 19.2. The fourth-order valence-electron chi connectivity index (χ4n) is 1.88. The summed E-state index contributed by atoms with van der Waals surface area (Å²) in [5.74, 6) is -2.34. The number of halogens is 2. The van der Waals surface area contributed by atoms with Crippen LogP contribution in [0.1, 0.15) is 6.42 Å². The van der Waals surface area contributed by atoms with Crippen molar-refractivity contribution in [3.05, 3.63) is 23.8 Å². The highest BCUT2D eigenvalue weighted by Crippen LogP contribution is 2.23. The highest BCUT2D eigenvalue weighted by molar-refractivity contribution is 5.79. The number of fused-ring (bicyclic) bond motifs is 1. The molecule has 5 nitrogen and oxygen atoms in total. The van der Waals surface area contributed by atoms with E-state index in [2.05, 4.69) is 4.98 Å². The predicted octanol–water partition coefficient (Wildman–Crippen LogP) is 1.76. The molecule has 1 N–H and O–H groups in total. The van der Waals surface area contributed by atoms with Crippen LogP contribution < -0.4 is 4.90 Å². The summed E-state index contributed by atoms with van der Waals surface area (Å²) in [6.07, 6.45) is -0.0393. The second kappa shape index (κ2) is 4.83. The number of imidazole rings is 1. The average Bonchev–Trinajstić information content (AvgIpc) is 2.65. The maximum absolute atomic E-state index is 13.2. The maximum atomic E-state index is 13.2. The first-order valence-electron chi connectivity index (χ1n) is 5.64. The molecule has 102 valence electrons. The zero-order valence-corrected chi connectivity index (χ0v) is 10.5. The van der Waals surface area contributed by atoms with Gasteiger partial charge in [-0.05, 0) is 0 Å². The zero-order chi connectivity index (χ0) is 14.2. The van der Waals surface area contributed by atoms with Crippen LogP contribution in [0.4, 0.5) is 14.7 Å². The molecular weight excluding hydrogens is 256 g/mol. The summed E-state index contributed by atoms with van der Waals surface area (Å²) in [6.45, 7) is 0.261. The summed E-state index contributed by atoms with van der Waals surface area (Å²) in [6, 6.07) is 2.10. The summed E-state index contributed by atoms with van der Waals surface area (Å²) < 4.78 is 27.9. The maximum Gasteiger partial charge on any atom is 0.305 e. The standard InChI is InChI=1S/C12H13F2N3O2/c1-16(4-3-11(18)19)12-15-9-5-7(13)8(14)6-10(9)17(12)2/h5-6H,3-4H2,1-2H3,(H,18,19). The van der Waals surface area contributed by atoms with Gasteiger partial charge in [-0.15, -0.1) is 0 Å². The van der Waals surface area contributed by atoms with Gasteiger partial charge < -0.3 is 14.6 Å². The molecule has 0 radical (unpaired) electrons. The van der Waals surface area contributed by atoms with E-state index in [9.17, 15) is 13.6 Å². The topological polar surface area (TPSA) is 58.4 Å². The normalized spacial score (nSPS) is 10.9. The minimum atomic E-state index is -0.953. The van der Waals surface area contributed by atoms with Crippen molar-refractivity contribution in [1.29, 1.82) is 0 Å². The van der Waals surface area contributed by atoms with E-state index in [-0.39, 0.29) is 13.0 Å². The molecule has 0 saturated heterocycles. The molecule has 0 unspecified atom stereocenters. The monoisotopic (exact) mass is 269 g/mol. The van der Waals surface area contributed by atoms with Gasteiger partial charge in [-0.3, -0.25) is 4.79 Å². The van der Waals surface area contributed by atoms with Gasteiger partial charge in [-0.2, -0.15) is 0 Å². The number of aryl methyl sites for hydroxylation is 1. The molecule has 2 rings (SSSR count). The van der Waals surface area contributed by atoms with Gasteiger partial charge in [0.05, 0.1) is 17.5 Å². The molecule has 0 aliphatic rings. The first-order chi connectivity index (χ1) is 8.90. The molecule has 0 aliphatic heterocycles. The van der Waals surface area contributed by atoms with Gasteiger partial charge in [0.15, 0.2) is 11.6 Å². The molecule has 0 atom stereocenters. The largest absolute Gasteiger partial charge is 0.481 e. The summed E-state index contributed by atoms with van der Waals surface area (Å²) in [5, 5.41) is 8.64. The third-order valence-corrected chi connectivity index (χ3v) is 2.90. The van der Waals surface area contributed by atoms with Crippen LogP contribution in [0.15, 0.2) is 12.1 Å². The van der Waals surface area contributed by atoms with Crippen molar-refractivity contribution >= 4 is 23.0 Å². The van der Waals surface area contributed by atoms with E-state index in [1.54, 1.807) is 23.6 Å². The van der Waals surface area contributed by atoms with Crippen molar-refractivity contribution in [2.24, 2.45) is 7.05 Å². The molecule has 1 aromatic heterocycles. The lowest BCUT2D eigenvalue weighted by Crippen LogP contribution is -2.23. The van der Waals surface area contributed by atoms with Gasteiger partial charge in [0.2, 0.25) is 5.95 Å². The van der Waals surface area contributed by atoms with Crippen LogP contribution in [0.5, 0.6) is 0 Å². The van der Waals surface area contributed by atoms with Crippen molar-refractivity contribution < 1.29 is 18.7 Å². The molecule has 2 aromatic rings. The van der Waals surface area contributed by atoms with Gasteiger partial charge in [0, 0.05) is 32.8 Å². The smallest absolute Gasteiger partial charge is 0.305 e. The number of carbonyl (C=O) groups is 1. The Balaban J connectivity index is 2.39. The van der Waals surface area contributed by atoms with Crippen molar-refractivity contribution in [1.82, 2.24) is 9.55 Å². The van der Waals surface area contributed by atoms with E-state index in [1.807, 2.05) is 0 Å². The van der Waals surface area contributed by atoms with Crippen LogP contribution in [0.3, 0.4) is 0 Å². The Labute approximate surface area is 108 Å². The number of aliphatic carboxylic acids is 1. The van der Waals surface area contributed by atoms with Crippen molar-refractivity contribution in [3.8, 4) is 0 Å². The lowest BCUT2D eigenvalue weighted by atomic mass is 10.3. The Kier molecular flexibility index (Phi) is 3.37. The fourth-order valence-corrected chi connectivity index (χ4v) is 1.88. The Morgan fingerprint density at radius 1 is 1.42 bits per heavy atom. The second-order valence-corrected chi connectivity index (χ2v) is 4.29. The van der Waals surface area contributed by atoms with Crippen LogP contribution in [-0.4, -0.2) is 34.2 Å². The molecule has 0 fully saturated rings. The lowest BCUT2D eigenvalue weighted by molar-refractivity contribution is -0.136. The van der Waals surface area contributed by atoms with E-state index in [0.717, 1.165) is 12.1 Å². The predicted molar refractivity (Wildman–Crippen MR) is 66.2 cm³/mol. The van der Waals surface area contributed by atoms with E-state index in [0.29, 0.717) is 17.0 Å². The van der Waals surface area contributed by atoms with Crippen molar-refractivity contribution in [3.63, 3.8) is 0 Å². The quantitative estimate of drug-likeness (QED) is 0.919. The lowest BCUT2D eigenvalue weighted by Gasteiger charge is -2.16. The van der Waals surface area contributed by atoms with Crippen molar-refractivity contribution in [2.45, 2.75) is 6.42 Å². The molecule has 7 heteroatoms. The van der Waals surface area contributed by atoms with Crippen LogP contribution in [0.2, 0.25) is 0 Å². The molecular formula is C12H13F2N3O2. The van der Waals surface area contributed by atoms with E-state index in [4.69, 9.17) is 5.11 Å². The fraction of sp³-hybridized carbons (Fsp3) is 0.333. The minimum Gasteiger partial charge on any atom is -0.481 e. The number of nitrogens with zero attached hydrogens (tertiary/aromatic N) is 3. The molecule has 0 spiro atoms. The number of aromatic nitrogens is 2.